The summed E-state index contributed by atoms with van der Waals surface area (Å²) in [7, 11) is -1.70. The van der Waals surface area contributed by atoms with Crippen LogP contribution in [0.25, 0.3) is 11.5 Å². The van der Waals surface area contributed by atoms with E-state index in [-0.39, 0.29) is 18.4 Å². The van der Waals surface area contributed by atoms with Gasteiger partial charge in [-0.2, -0.15) is 5.10 Å². The number of carbonyl (C=O) groups excluding carboxylic acids is 1. The van der Waals surface area contributed by atoms with Gasteiger partial charge in [0.15, 0.2) is 5.76 Å². The number of carbonyl (C=O) groups is 1. The minimum Gasteiger partial charge on any atom is -0.463 e. The number of hydrogen-bond donors (Lipinski definition) is 2. The Morgan fingerprint density at radius 3 is 2.67 bits per heavy atom. The van der Waals surface area contributed by atoms with Gasteiger partial charge in [0.1, 0.15) is 11.7 Å². The molecule has 0 aliphatic rings. The normalized spacial score (nSPS) is 13.2. The number of sulfonamides is 1. The molecule has 0 radical (unpaired) electrons. The fourth-order valence-corrected chi connectivity index (χ4v) is 3.07. The van der Waals surface area contributed by atoms with E-state index in [1.807, 2.05) is 6.07 Å². The van der Waals surface area contributed by atoms with E-state index in [9.17, 15) is 13.2 Å². The SMILES string of the molecule is CC(C)[C@H](NS(C)(=O)=O)C(=O)NCc1cc(-c2ccco2)nn1C. The van der Waals surface area contributed by atoms with Crippen molar-refractivity contribution in [2.45, 2.75) is 26.4 Å². The molecule has 0 saturated heterocycles. The van der Waals surface area contributed by atoms with Crippen molar-refractivity contribution < 1.29 is 17.6 Å². The number of rotatable bonds is 7. The molecule has 9 heteroatoms. The van der Waals surface area contributed by atoms with Gasteiger partial charge in [-0.15, -0.1) is 0 Å². The Bertz CT molecular complexity index is 794. The van der Waals surface area contributed by atoms with Gasteiger partial charge >= 0.3 is 0 Å². The Hall–Kier alpha value is -2.13. The quantitative estimate of drug-likeness (QED) is 0.767. The summed E-state index contributed by atoms with van der Waals surface area (Å²) in [6, 6.07) is 4.57. The summed E-state index contributed by atoms with van der Waals surface area (Å²) in [5.74, 6) is 0.0862. The molecular formula is C15H22N4O4S. The van der Waals surface area contributed by atoms with E-state index >= 15 is 0 Å². The molecule has 24 heavy (non-hydrogen) atoms. The van der Waals surface area contributed by atoms with Gasteiger partial charge in [0, 0.05) is 7.05 Å². The van der Waals surface area contributed by atoms with Gasteiger partial charge in [0.2, 0.25) is 15.9 Å². The van der Waals surface area contributed by atoms with E-state index in [1.165, 1.54) is 0 Å². The Kier molecular flexibility index (Phi) is 5.45. The second-order valence-electron chi connectivity index (χ2n) is 5.95. The first-order valence-corrected chi connectivity index (χ1v) is 9.38. The van der Waals surface area contributed by atoms with Crippen LogP contribution in [0.15, 0.2) is 28.9 Å². The molecule has 132 valence electrons. The van der Waals surface area contributed by atoms with Crippen LogP contribution in [-0.2, 0) is 28.4 Å². The molecular weight excluding hydrogens is 332 g/mol. The van der Waals surface area contributed by atoms with Gasteiger partial charge < -0.3 is 9.73 Å². The molecule has 2 N–H and O–H groups in total. The van der Waals surface area contributed by atoms with E-state index in [0.717, 1.165) is 11.9 Å². The lowest BCUT2D eigenvalue weighted by Crippen LogP contribution is -2.49. The van der Waals surface area contributed by atoms with Crippen molar-refractivity contribution in [1.29, 1.82) is 0 Å². The number of aromatic nitrogens is 2. The third kappa shape index (κ3) is 4.68. The van der Waals surface area contributed by atoms with Crippen LogP contribution in [0.1, 0.15) is 19.5 Å². The summed E-state index contributed by atoms with van der Waals surface area (Å²) in [6.07, 6.45) is 2.60. The zero-order valence-electron chi connectivity index (χ0n) is 14.1. The average molecular weight is 354 g/mol. The smallest absolute Gasteiger partial charge is 0.238 e. The van der Waals surface area contributed by atoms with Gasteiger partial charge in [-0.1, -0.05) is 13.8 Å². The molecule has 2 heterocycles. The molecule has 2 aromatic heterocycles. The molecule has 0 aromatic carbocycles. The van der Waals surface area contributed by atoms with E-state index in [0.29, 0.717) is 11.5 Å². The molecule has 8 nitrogen and oxygen atoms in total. The molecule has 1 amide bonds. The van der Waals surface area contributed by atoms with E-state index in [1.54, 1.807) is 44.0 Å². The maximum atomic E-state index is 12.3. The van der Waals surface area contributed by atoms with E-state index < -0.39 is 16.1 Å². The highest BCUT2D eigenvalue weighted by Crippen LogP contribution is 2.19. The first kappa shape index (κ1) is 18.2. The van der Waals surface area contributed by atoms with Crippen LogP contribution in [-0.4, -0.2) is 36.4 Å². The topological polar surface area (TPSA) is 106 Å². The second-order valence-corrected chi connectivity index (χ2v) is 7.73. The van der Waals surface area contributed by atoms with Crippen molar-refractivity contribution in [2.75, 3.05) is 6.26 Å². The molecule has 0 spiro atoms. The lowest BCUT2D eigenvalue weighted by Gasteiger charge is -2.20. The van der Waals surface area contributed by atoms with Gasteiger partial charge in [0.25, 0.3) is 0 Å². The highest BCUT2D eigenvalue weighted by Gasteiger charge is 2.25. The summed E-state index contributed by atoms with van der Waals surface area (Å²) in [6.45, 7) is 3.79. The fraction of sp³-hybridized carbons (Fsp3) is 0.467. The summed E-state index contributed by atoms with van der Waals surface area (Å²) in [5, 5.41) is 7.08. The zero-order valence-corrected chi connectivity index (χ0v) is 14.9. The van der Waals surface area contributed by atoms with Gasteiger partial charge in [-0.25, -0.2) is 13.1 Å². The van der Waals surface area contributed by atoms with Crippen molar-refractivity contribution in [1.82, 2.24) is 19.8 Å². The van der Waals surface area contributed by atoms with E-state index in [4.69, 9.17) is 4.42 Å². The lowest BCUT2D eigenvalue weighted by molar-refractivity contribution is -0.123. The first-order chi connectivity index (χ1) is 11.2. The number of nitrogens with one attached hydrogen (secondary N) is 2. The maximum Gasteiger partial charge on any atom is 0.238 e. The second kappa shape index (κ2) is 7.18. The van der Waals surface area contributed by atoms with Crippen LogP contribution in [0.5, 0.6) is 0 Å². The van der Waals surface area contributed by atoms with Crippen molar-refractivity contribution in [3.8, 4) is 11.5 Å². The molecule has 0 bridgehead atoms. The van der Waals surface area contributed by atoms with Gasteiger partial charge in [0.05, 0.1) is 24.8 Å². The minimum atomic E-state index is -3.47. The van der Waals surface area contributed by atoms with Crippen LogP contribution < -0.4 is 10.0 Å². The maximum absolute atomic E-state index is 12.3. The summed E-state index contributed by atoms with van der Waals surface area (Å²) in [5.41, 5.74) is 1.44. The summed E-state index contributed by atoms with van der Waals surface area (Å²) in [4.78, 5) is 12.3. The zero-order chi connectivity index (χ0) is 17.9. The minimum absolute atomic E-state index is 0.176. The van der Waals surface area contributed by atoms with Crippen molar-refractivity contribution in [3.63, 3.8) is 0 Å². The number of hydrogen-bond acceptors (Lipinski definition) is 5. The standard InChI is InChI=1S/C15H22N4O4S/c1-10(2)14(18-24(4,21)22)15(20)16-9-11-8-12(17-19(11)3)13-6-5-7-23-13/h5-8,10,14,18H,9H2,1-4H3,(H,16,20)/t14-/m0/s1. The Morgan fingerprint density at radius 2 is 2.12 bits per heavy atom. The lowest BCUT2D eigenvalue weighted by atomic mass is 10.1. The number of amides is 1. The highest BCUT2D eigenvalue weighted by atomic mass is 32.2. The van der Waals surface area contributed by atoms with E-state index in [2.05, 4.69) is 15.1 Å². The predicted octanol–water partition coefficient (Wildman–Crippen LogP) is 0.870. The molecule has 0 fully saturated rings. The third-order valence-electron chi connectivity index (χ3n) is 3.48. The van der Waals surface area contributed by atoms with Gasteiger partial charge in [-0.3, -0.25) is 9.48 Å². The Labute approximate surface area is 141 Å². The van der Waals surface area contributed by atoms with Crippen LogP contribution in [0.3, 0.4) is 0 Å². The predicted molar refractivity (Wildman–Crippen MR) is 89.4 cm³/mol. The largest absolute Gasteiger partial charge is 0.463 e. The van der Waals surface area contributed by atoms with Crippen molar-refractivity contribution in [2.24, 2.45) is 13.0 Å². The molecule has 2 aromatic rings. The third-order valence-corrected chi connectivity index (χ3v) is 4.17. The average Bonchev–Trinajstić information content (AvgIpc) is 3.10. The van der Waals surface area contributed by atoms with Crippen molar-refractivity contribution >= 4 is 15.9 Å². The van der Waals surface area contributed by atoms with Crippen molar-refractivity contribution in [3.05, 3.63) is 30.2 Å². The molecule has 0 saturated carbocycles. The summed E-state index contributed by atoms with van der Waals surface area (Å²) < 4.78 is 32.1. The highest BCUT2D eigenvalue weighted by molar-refractivity contribution is 7.88. The number of nitrogens with zero attached hydrogens (tertiary/aromatic N) is 2. The molecule has 0 aliphatic carbocycles. The monoisotopic (exact) mass is 354 g/mol. The molecule has 1 atom stereocenters. The molecule has 2 rings (SSSR count). The van der Waals surface area contributed by atoms with Crippen LogP contribution >= 0.6 is 0 Å². The molecule has 0 unspecified atom stereocenters. The Balaban J connectivity index is 2.05. The van der Waals surface area contributed by atoms with Crippen LogP contribution in [0.4, 0.5) is 0 Å². The fourth-order valence-electron chi connectivity index (χ4n) is 2.23. The molecule has 0 aliphatic heterocycles. The number of furan rings is 1. The first-order valence-electron chi connectivity index (χ1n) is 7.49. The van der Waals surface area contributed by atoms with Crippen LogP contribution in [0, 0.1) is 5.92 Å². The van der Waals surface area contributed by atoms with Crippen LogP contribution in [0.2, 0.25) is 0 Å². The summed E-state index contributed by atoms with van der Waals surface area (Å²) >= 11 is 0. The Morgan fingerprint density at radius 1 is 1.42 bits per heavy atom. The van der Waals surface area contributed by atoms with Gasteiger partial charge in [-0.05, 0) is 24.1 Å². The number of aryl methyl sites for hydroxylation is 1.